The van der Waals surface area contributed by atoms with Gasteiger partial charge in [0.2, 0.25) is 5.56 Å². The molecule has 0 aliphatic heterocycles. The van der Waals surface area contributed by atoms with Gasteiger partial charge < -0.3 is 20.3 Å². The molecule has 0 amide bonds. The van der Waals surface area contributed by atoms with Crippen molar-refractivity contribution < 1.29 is 5.11 Å². The molecule has 3 N–H and O–H groups in total. The topological polar surface area (TPSA) is 98.6 Å². The molecule has 3 aromatic heterocycles. The SMILES string of the molecule is CC.CCCN(c1cc(NCc2ccc(=O)[nH]c2)n2ncc(CC)c2n1)C(C)CCO. The van der Waals surface area contributed by atoms with Crippen LogP contribution in [0, 0.1) is 0 Å². The highest BCUT2D eigenvalue weighted by Gasteiger charge is 2.18. The third-order valence-corrected chi connectivity index (χ3v) is 5.07. The Labute approximate surface area is 184 Å². The molecule has 0 aliphatic carbocycles. The van der Waals surface area contributed by atoms with Crippen LogP contribution in [-0.4, -0.2) is 43.9 Å². The lowest BCUT2D eigenvalue weighted by Gasteiger charge is -2.30. The van der Waals surface area contributed by atoms with Crippen LogP contribution in [0.2, 0.25) is 0 Å². The molecule has 1 unspecified atom stereocenters. The Morgan fingerprint density at radius 3 is 2.68 bits per heavy atom. The predicted octanol–water partition coefficient (Wildman–Crippen LogP) is 3.61. The van der Waals surface area contributed by atoms with E-state index >= 15 is 0 Å². The molecule has 31 heavy (non-hydrogen) atoms. The number of hydrogen-bond acceptors (Lipinski definition) is 6. The minimum atomic E-state index is -0.116. The number of aliphatic hydroxyl groups excluding tert-OH is 1. The van der Waals surface area contributed by atoms with Gasteiger partial charge >= 0.3 is 0 Å². The highest BCUT2D eigenvalue weighted by atomic mass is 16.3. The fraction of sp³-hybridized carbons (Fsp3) is 0.522. The van der Waals surface area contributed by atoms with Crippen LogP contribution in [0.15, 0.2) is 35.4 Å². The lowest BCUT2D eigenvalue weighted by molar-refractivity contribution is 0.276. The molecule has 0 radical (unpaired) electrons. The number of fused-ring (bicyclic) bond motifs is 1. The van der Waals surface area contributed by atoms with Crippen LogP contribution in [0.5, 0.6) is 0 Å². The maximum atomic E-state index is 11.3. The molecule has 170 valence electrons. The number of nitrogens with one attached hydrogen (secondary N) is 2. The minimum Gasteiger partial charge on any atom is -0.396 e. The Hall–Kier alpha value is -2.87. The van der Waals surface area contributed by atoms with Gasteiger partial charge in [-0.05, 0) is 31.7 Å². The maximum Gasteiger partial charge on any atom is 0.247 e. The summed E-state index contributed by atoms with van der Waals surface area (Å²) in [6.07, 6.45) is 6.09. The van der Waals surface area contributed by atoms with Gasteiger partial charge in [0.05, 0.1) is 6.20 Å². The summed E-state index contributed by atoms with van der Waals surface area (Å²) in [4.78, 5) is 21.1. The number of aromatic nitrogens is 4. The molecule has 0 aromatic carbocycles. The average molecular weight is 429 g/mol. The fourth-order valence-corrected chi connectivity index (χ4v) is 3.41. The summed E-state index contributed by atoms with van der Waals surface area (Å²) in [5, 5.41) is 17.4. The highest BCUT2D eigenvalue weighted by molar-refractivity contribution is 5.61. The smallest absolute Gasteiger partial charge is 0.247 e. The largest absolute Gasteiger partial charge is 0.396 e. The first-order valence-corrected chi connectivity index (χ1v) is 11.2. The molecule has 0 spiro atoms. The summed E-state index contributed by atoms with van der Waals surface area (Å²) < 4.78 is 1.83. The second kappa shape index (κ2) is 12.1. The summed E-state index contributed by atoms with van der Waals surface area (Å²) in [6, 6.07) is 5.51. The molecule has 0 saturated carbocycles. The lowest BCUT2D eigenvalue weighted by atomic mass is 10.2. The van der Waals surface area contributed by atoms with E-state index in [1.807, 2.05) is 30.6 Å². The van der Waals surface area contributed by atoms with Gasteiger partial charge in [-0.2, -0.15) is 9.61 Å². The number of aryl methyl sites for hydroxylation is 1. The predicted molar refractivity (Wildman–Crippen MR) is 127 cm³/mol. The van der Waals surface area contributed by atoms with E-state index in [1.54, 1.807) is 12.3 Å². The molecule has 8 heteroatoms. The van der Waals surface area contributed by atoms with Gasteiger partial charge in [0.25, 0.3) is 0 Å². The number of aromatic amines is 1. The molecular formula is C23H36N6O2. The maximum absolute atomic E-state index is 11.3. The Bertz CT molecular complexity index is 977. The van der Waals surface area contributed by atoms with E-state index < -0.39 is 0 Å². The summed E-state index contributed by atoms with van der Waals surface area (Å²) in [7, 11) is 0. The third-order valence-electron chi connectivity index (χ3n) is 5.07. The number of nitrogens with zero attached hydrogens (tertiary/aromatic N) is 4. The van der Waals surface area contributed by atoms with E-state index in [0.29, 0.717) is 13.0 Å². The van der Waals surface area contributed by atoms with Gasteiger partial charge in [0.15, 0.2) is 5.65 Å². The molecule has 3 heterocycles. The number of rotatable bonds is 10. The first kappa shape index (κ1) is 24.4. The van der Waals surface area contributed by atoms with E-state index in [-0.39, 0.29) is 18.2 Å². The molecule has 1 atom stereocenters. The zero-order valence-corrected chi connectivity index (χ0v) is 19.4. The Morgan fingerprint density at radius 2 is 2.06 bits per heavy atom. The van der Waals surface area contributed by atoms with Crippen LogP contribution in [-0.2, 0) is 13.0 Å². The van der Waals surface area contributed by atoms with Gasteiger partial charge in [-0.25, -0.2) is 4.98 Å². The summed E-state index contributed by atoms with van der Waals surface area (Å²) in [5.74, 6) is 1.72. The normalized spacial score (nSPS) is 11.7. The molecule has 0 saturated heterocycles. The average Bonchev–Trinajstić information content (AvgIpc) is 3.21. The van der Waals surface area contributed by atoms with Crippen molar-refractivity contribution in [3.63, 3.8) is 0 Å². The fourth-order valence-electron chi connectivity index (χ4n) is 3.41. The first-order valence-electron chi connectivity index (χ1n) is 11.2. The van der Waals surface area contributed by atoms with Crippen molar-refractivity contribution >= 4 is 17.3 Å². The van der Waals surface area contributed by atoms with Gasteiger partial charge in [0.1, 0.15) is 11.6 Å². The molecule has 3 aromatic rings. The molecule has 0 fully saturated rings. The monoisotopic (exact) mass is 428 g/mol. The van der Waals surface area contributed by atoms with Crippen molar-refractivity contribution in [3.05, 3.63) is 52.1 Å². The van der Waals surface area contributed by atoms with Crippen molar-refractivity contribution in [3.8, 4) is 0 Å². The molecule has 0 aliphatic rings. The van der Waals surface area contributed by atoms with Crippen molar-refractivity contribution in [2.24, 2.45) is 0 Å². The van der Waals surface area contributed by atoms with Crippen molar-refractivity contribution in [2.45, 2.75) is 66.5 Å². The van der Waals surface area contributed by atoms with E-state index in [0.717, 1.165) is 47.8 Å². The van der Waals surface area contributed by atoms with Crippen LogP contribution < -0.4 is 15.8 Å². The molecule has 3 rings (SSSR count). The zero-order valence-electron chi connectivity index (χ0n) is 19.4. The van der Waals surface area contributed by atoms with Crippen LogP contribution in [0.1, 0.15) is 58.6 Å². The first-order chi connectivity index (χ1) is 15.1. The van der Waals surface area contributed by atoms with Gasteiger partial charge in [-0.15, -0.1) is 0 Å². The Kier molecular flexibility index (Phi) is 9.52. The van der Waals surface area contributed by atoms with Crippen molar-refractivity contribution in [2.75, 3.05) is 23.4 Å². The van der Waals surface area contributed by atoms with Crippen molar-refractivity contribution in [1.29, 1.82) is 0 Å². The number of pyridine rings is 1. The van der Waals surface area contributed by atoms with Gasteiger partial charge in [-0.3, -0.25) is 4.79 Å². The Morgan fingerprint density at radius 1 is 1.29 bits per heavy atom. The molecule has 8 nitrogen and oxygen atoms in total. The van der Waals surface area contributed by atoms with Crippen LogP contribution >= 0.6 is 0 Å². The number of aliphatic hydroxyl groups is 1. The summed E-state index contributed by atoms with van der Waals surface area (Å²) in [6.45, 7) is 11.9. The summed E-state index contributed by atoms with van der Waals surface area (Å²) >= 11 is 0. The molecular weight excluding hydrogens is 392 g/mol. The number of hydrogen-bond donors (Lipinski definition) is 3. The van der Waals surface area contributed by atoms with E-state index in [1.165, 1.54) is 6.07 Å². The number of H-pyrrole nitrogens is 1. The standard InChI is InChI=1S/C21H30N6O2.C2H6/c1-4-9-26(15(3)8-10-28)19-11-18(22-12-16-6-7-20(29)23-13-16)27-21(25-19)17(5-2)14-24-27;1-2/h6-7,11,13-15,22,28H,4-5,8-10,12H2,1-3H3,(H,23,29);1-2H3. The lowest BCUT2D eigenvalue weighted by Crippen LogP contribution is -2.35. The molecule has 0 bridgehead atoms. The zero-order chi connectivity index (χ0) is 22.8. The van der Waals surface area contributed by atoms with E-state index in [9.17, 15) is 9.90 Å². The second-order valence-corrected chi connectivity index (χ2v) is 7.23. The van der Waals surface area contributed by atoms with Crippen molar-refractivity contribution in [1.82, 2.24) is 19.6 Å². The Balaban J connectivity index is 0.00000166. The highest BCUT2D eigenvalue weighted by Crippen LogP contribution is 2.24. The van der Waals surface area contributed by atoms with Crippen LogP contribution in [0.3, 0.4) is 0 Å². The van der Waals surface area contributed by atoms with Gasteiger partial charge in [-0.1, -0.05) is 33.8 Å². The van der Waals surface area contributed by atoms with Crippen LogP contribution in [0.25, 0.3) is 5.65 Å². The summed E-state index contributed by atoms with van der Waals surface area (Å²) in [5.41, 5.74) is 2.78. The second-order valence-electron chi connectivity index (χ2n) is 7.23. The number of anilines is 2. The van der Waals surface area contributed by atoms with E-state index in [2.05, 4.69) is 41.1 Å². The third kappa shape index (κ3) is 6.07. The van der Waals surface area contributed by atoms with Crippen LogP contribution in [0.4, 0.5) is 11.6 Å². The van der Waals surface area contributed by atoms with E-state index in [4.69, 9.17) is 4.98 Å². The van der Waals surface area contributed by atoms with Gasteiger partial charge in [0, 0.05) is 49.6 Å². The quantitative estimate of drug-likeness (QED) is 0.456. The minimum absolute atomic E-state index is 0.116.